The van der Waals surface area contributed by atoms with Crippen LogP contribution in [0, 0.1) is 25.5 Å². The Hall–Kier alpha value is -1.95. The highest BCUT2D eigenvalue weighted by Crippen LogP contribution is 2.30. The van der Waals surface area contributed by atoms with E-state index in [1.807, 2.05) is 26.0 Å². The van der Waals surface area contributed by atoms with Gasteiger partial charge < -0.3 is 5.73 Å². The van der Waals surface area contributed by atoms with Gasteiger partial charge in [0, 0.05) is 10.2 Å². The number of benzene rings is 2. The SMILES string of the molecule is Cc1cc(-n2c(N)nc3ccc(F)c(F)c32)cc(C)c1Br. The van der Waals surface area contributed by atoms with Gasteiger partial charge in [0.1, 0.15) is 5.52 Å². The third kappa shape index (κ3) is 2.10. The highest BCUT2D eigenvalue weighted by atomic mass is 79.9. The van der Waals surface area contributed by atoms with E-state index in [2.05, 4.69) is 20.9 Å². The van der Waals surface area contributed by atoms with Crippen LogP contribution in [0.5, 0.6) is 0 Å². The Morgan fingerprint density at radius 3 is 2.38 bits per heavy atom. The van der Waals surface area contributed by atoms with Crippen molar-refractivity contribution in [3.63, 3.8) is 0 Å². The lowest BCUT2D eigenvalue weighted by atomic mass is 10.1. The summed E-state index contributed by atoms with van der Waals surface area (Å²) in [6, 6.07) is 6.16. The molecule has 3 nitrogen and oxygen atoms in total. The highest BCUT2D eigenvalue weighted by Gasteiger charge is 2.18. The van der Waals surface area contributed by atoms with Gasteiger partial charge in [-0.3, -0.25) is 4.57 Å². The van der Waals surface area contributed by atoms with Gasteiger partial charge in [-0.25, -0.2) is 13.8 Å². The molecule has 3 aromatic rings. The van der Waals surface area contributed by atoms with Crippen molar-refractivity contribution in [2.45, 2.75) is 13.8 Å². The molecule has 0 bridgehead atoms. The van der Waals surface area contributed by atoms with E-state index in [4.69, 9.17) is 5.73 Å². The molecule has 0 atom stereocenters. The minimum atomic E-state index is -0.949. The van der Waals surface area contributed by atoms with Crippen molar-refractivity contribution in [2.24, 2.45) is 0 Å². The molecule has 6 heteroatoms. The molecule has 0 fully saturated rings. The van der Waals surface area contributed by atoms with Crippen molar-refractivity contribution in [1.82, 2.24) is 9.55 Å². The molecule has 0 spiro atoms. The van der Waals surface area contributed by atoms with Crippen LogP contribution in [0.4, 0.5) is 14.7 Å². The van der Waals surface area contributed by atoms with Crippen LogP contribution >= 0.6 is 15.9 Å². The summed E-state index contributed by atoms with van der Waals surface area (Å²) >= 11 is 3.48. The molecule has 3 rings (SSSR count). The zero-order valence-electron chi connectivity index (χ0n) is 11.4. The Bertz CT molecular complexity index is 848. The normalized spacial score (nSPS) is 11.3. The van der Waals surface area contributed by atoms with Crippen molar-refractivity contribution < 1.29 is 8.78 Å². The summed E-state index contributed by atoms with van der Waals surface area (Å²) in [5.74, 6) is -1.75. The van der Waals surface area contributed by atoms with E-state index < -0.39 is 11.6 Å². The molecule has 1 aromatic heterocycles. The quantitative estimate of drug-likeness (QED) is 0.711. The lowest BCUT2D eigenvalue weighted by molar-refractivity contribution is 0.514. The first-order valence-electron chi connectivity index (χ1n) is 6.29. The number of halogens is 3. The van der Waals surface area contributed by atoms with E-state index >= 15 is 0 Å². The van der Waals surface area contributed by atoms with Gasteiger partial charge in [0.15, 0.2) is 11.6 Å². The zero-order valence-corrected chi connectivity index (χ0v) is 13.0. The van der Waals surface area contributed by atoms with Gasteiger partial charge in [0.2, 0.25) is 5.95 Å². The molecule has 108 valence electrons. The number of fused-ring (bicyclic) bond motifs is 1. The van der Waals surface area contributed by atoms with Gasteiger partial charge in [0.05, 0.1) is 5.52 Å². The minimum absolute atomic E-state index is 0.0497. The molecule has 1 heterocycles. The highest BCUT2D eigenvalue weighted by molar-refractivity contribution is 9.10. The Balaban J connectivity index is 2.40. The molecule has 0 aliphatic rings. The summed E-state index contributed by atoms with van der Waals surface area (Å²) in [5, 5.41) is 0. The second kappa shape index (κ2) is 4.80. The Kier molecular flexibility index (Phi) is 3.20. The maximum atomic E-state index is 14.1. The smallest absolute Gasteiger partial charge is 0.206 e. The average molecular weight is 352 g/mol. The Morgan fingerprint density at radius 1 is 1.14 bits per heavy atom. The number of hydrogen-bond acceptors (Lipinski definition) is 2. The Labute approximate surface area is 128 Å². The number of nitrogen functional groups attached to an aromatic ring is 1. The fourth-order valence-corrected chi connectivity index (χ4v) is 2.66. The molecule has 0 saturated heterocycles. The maximum absolute atomic E-state index is 14.1. The average Bonchev–Trinajstić information content (AvgIpc) is 2.77. The van der Waals surface area contributed by atoms with Crippen LogP contribution in [0.15, 0.2) is 28.7 Å². The molecule has 21 heavy (non-hydrogen) atoms. The standard InChI is InChI=1S/C15H12BrF2N3/c1-7-5-9(6-8(2)12(7)16)21-14-11(20-15(21)19)4-3-10(17)13(14)18/h3-6H,1-2H3,(H2,19,20). The van der Waals surface area contributed by atoms with E-state index in [0.29, 0.717) is 11.2 Å². The number of nitrogens with two attached hydrogens (primary N) is 1. The summed E-state index contributed by atoms with van der Waals surface area (Å²) in [4.78, 5) is 4.10. The second-order valence-electron chi connectivity index (χ2n) is 4.93. The fourth-order valence-electron chi connectivity index (χ4n) is 2.43. The van der Waals surface area contributed by atoms with E-state index in [-0.39, 0.29) is 11.5 Å². The van der Waals surface area contributed by atoms with Crippen LogP contribution in [0.3, 0.4) is 0 Å². The molecular weight excluding hydrogens is 340 g/mol. The summed E-state index contributed by atoms with van der Waals surface area (Å²) < 4.78 is 30.1. The first-order valence-corrected chi connectivity index (χ1v) is 7.08. The largest absolute Gasteiger partial charge is 0.369 e. The van der Waals surface area contributed by atoms with Gasteiger partial charge >= 0.3 is 0 Å². The van der Waals surface area contributed by atoms with E-state index in [0.717, 1.165) is 21.7 Å². The third-order valence-electron chi connectivity index (χ3n) is 3.41. The first-order chi connectivity index (χ1) is 9.90. The van der Waals surface area contributed by atoms with E-state index in [1.165, 1.54) is 10.6 Å². The number of imidazole rings is 1. The molecular formula is C15H12BrF2N3. The van der Waals surface area contributed by atoms with Crippen LogP contribution in [-0.2, 0) is 0 Å². The number of aryl methyl sites for hydroxylation is 2. The van der Waals surface area contributed by atoms with Gasteiger partial charge in [-0.05, 0) is 49.2 Å². The van der Waals surface area contributed by atoms with Crippen LogP contribution in [0.25, 0.3) is 16.7 Å². The second-order valence-corrected chi connectivity index (χ2v) is 5.72. The van der Waals surface area contributed by atoms with Crippen molar-refractivity contribution in [1.29, 1.82) is 0 Å². The van der Waals surface area contributed by atoms with Crippen molar-refractivity contribution in [3.05, 3.63) is 51.5 Å². The molecule has 0 aliphatic carbocycles. The number of aromatic nitrogens is 2. The van der Waals surface area contributed by atoms with Crippen molar-refractivity contribution in [2.75, 3.05) is 5.73 Å². The number of nitrogens with zero attached hydrogens (tertiary/aromatic N) is 2. The van der Waals surface area contributed by atoms with Crippen LogP contribution in [0.1, 0.15) is 11.1 Å². The predicted molar refractivity (Wildman–Crippen MR) is 82.6 cm³/mol. The molecule has 2 N–H and O–H groups in total. The zero-order chi connectivity index (χ0) is 15.3. The van der Waals surface area contributed by atoms with Gasteiger partial charge in [0.25, 0.3) is 0 Å². The van der Waals surface area contributed by atoms with E-state index in [1.54, 1.807) is 0 Å². The molecule has 0 amide bonds. The molecule has 0 aliphatic heterocycles. The number of hydrogen-bond donors (Lipinski definition) is 1. The van der Waals surface area contributed by atoms with Gasteiger partial charge in [-0.1, -0.05) is 15.9 Å². The lowest BCUT2D eigenvalue weighted by Crippen LogP contribution is -2.03. The van der Waals surface area contributed by atoms with Crippen LogP contribution < -0.4 is 5.73 Å². The summed E-state index contributed by atoms with van der Waals surface area (Å²) in [7, 11) is 0. The summed E-state index contributed by atoms with van der Waals surface area (Å²) in [6.07, 6.45) is 0. The summed E-state index contributed by atoms with van der Waals surface area (Å²) in [5.41, 5.74) is 8.87. The minimum Gasteiger partial charge on any atom is -0.369 e. The lowest BCUT2D eigenvalue weighted by Gasteiger charge is -2.11. The Morgan fingerprint density at radius 2 is 1.76 bits per heavy atom. The molecule has 2 aromatic carbocycles. The maximum Gasteiger partial charge on any atom is 0.206 e. The molecule has 0 radical (unpaired) electrons. The van der Waals surface area contributed by atoms with Crippen LogP contribution in [-0.4, -0.2) is 9.55 Å². The molecule has 0 saturated carbocycles. The first kappa shape index (κ1) is 14.0. The number of rotatable bonds is 1. The number of anilines is 1. The predicted octanol–water partition coefficient (Wildman–Crippen LogP) is 4.27. The molecule has 0 unspecified atom stereocenters. The fraction of sp³-hybridized carbons (Fsp3) is 0.133. The van der Waals surface area contributed by atoms with Crippen molar-refractivity contribution in [3.8, 4) is 5.69 Å². The van der Waals surface area contributed by atoms with E-state index in [9.17, 15) is 8.78 Å². The third-order valence-corrected chi connectivity index (χ3v) is 4.67. The monoisotopic (exact) mass is 351 g/mol. The van der Waals surface area contributed by atoms with Gasteiger partial charge in [-0.2, -0.15) is 0 Å². The topological polar surface area (TPSA) is 43.8 Å². The summed E-state index contributed by atoms with van der Waals surface area (Å²) in [6.45, 7) is 3.85. The van der Waals surface area contributed by atoms with Crippen LogP contribution in [0.2, 0.25) is 0 Å². The van der Waals surface area contributed by atoms with Crippen molar-refractivity contribution >= 4 is 32.9 Å². The van der Waals surface area contributed by atoms with Gasteiger partial charge in [-0.15, -0.1) is 0 Å².